The summed E-state index contributed by atoms with van der Waals surface area (Å²) in [5.41, 5.74) is 7.33. The zero-order valence-electron chi connectivity index (χ0n) is 37.6. The van der Waals surface area contributed by atoms with Gasteiger partial charge in [0.15, 0.2) is 5.78 Å². The Morgan fingerprint density at radius 3 is 2.21 bits per heavy atom. The molecule has 1 saturated carbocycles. The van der Waals surface area contributed by atoms with Gasteiger partial charge >= 0.3 is 0 Å². The molecular formula is C52H65N5O6. The predicted octanol–water partition coefficient (Wildman–Crippen LogP) is 8.02. The molecule has 11 nitrogen and oxygen atoms in total. The molecule has 0 spiro atoms. The highest BCUT2D eigenvalue weighted by atomic mass is 16.5. The van der Waals surface area contributed by atoms with Crippen LogP contribution in [0.25, 0.3) is 21.9 Å². The van der Waals surface area contributed by atoms with Gasteiger partial charge in [-0.3, -0.25) is 34.4 Å². The number of ether oxygens (including phenoxy) is 2. The van der Waals surface area contributed by atoms with Gasteiger partial charge in [0.2, 0.25) is 11.8 Å². The van der Waals surface area contributed by atoms with Crippen molar-refractivity contribution >= 4 is 28.4 Å². The molecule has 5 aliphatic rings. The lowest BCUT2D eigenvalue weighted by atomic mass is 9.88. The van der Waals surface area contributed by atoms with Crippen molar-refractivity contribution in [2.75, 3.05) is 46.9 Å². The van der Waals surface area contributed by atoms with Gasteiger partial charge in [-0.15, -0.1) is 0 Å². The molecule has 0 bridgehead atoms. The quantitative estimate of drug-likeness (QED) is 0.119. The maximum absolute atomic E-state index is 13.4. The summed E-state index contributed by atoms with van der Waals surface area (Å²) in [5.74, 6) is 3.20. The lowest BCUT2D eigenvalue weighted by Crippen LogP contribution is -2.40. The predicted molar refractivity (Wildman–Crippen MR) is 245 cm³/mol. The molecule has 4 aromatic rings. The second-order valence-corrected chi connectivity index (χ2v) is 19.4. The molecule has 3 atom stereocenters. The minimum atomic E-state index is -0.187. The normalized spacial score (nSPS) is 22.6. The monoisotopic (exact) mass is 855 g/mol. The number of benzene rings is 2. The number of aryl methyl sites for hydroxylation is 2. The molecule has 4 fully saturated rings. The molecule has 9 rings (SSSR count). The number of piperidine rings is 2. The Kier molecular flexibility index (Phi) is 13.1. The summed E-state index contributed by atoms with van der Waals surface area (Å²) in [6.07, 6.45) is 18.7. The molecule has 11 heteroatoms. The third-order valence-electron chi connectivity index (χ3n) is 15.2. The van der Waals surface area contributed by atoms with Crippen LogP contribution in [0.3, 0.4) is 0 Å². The van der Waals surface area contributed by atoms with Gasteiger partial charge in [-0.05, 0) is 181 Å². The number of ketones is 1. The van der Waals surface area contributed by atoms with Gasteiger partial charge < -0.3 is 18.9 Å². The van der Waals surface area contributed by atoms with Gasteiger partial charge in [0.25, 0.3) is 5.56 Å². The number of nitrogens with one attached hydrogen (secondary N) is 1. The maximum Gasteiger partial charge on any atom is 0.259 e. The van der Waals surface area contributed by atoms with E-state index < -0.39 is 0 Å². The minimum Gasteiger partial charge on any atom is -0.496 e. The Labute approximate surface area is 371 Å². The molecule has 2 amide bonds. The number of rotatable bonds is 15. The lowest BCUT2D eigenvalue weighted by molar-refractivity contribution is -0.136. The highest BCUT2D eigenvalue weighted by Gasteiger charge is 2.34. The Bertz CT molecular complexity index is 2390. The summed E-state index contributed by atoms with van der Waals surface area (Å²) in [5, 5.41) is 4.01. The van der Waals surface area contributed by atoms with E-state index in [-0.39, 0.29) is 35.0 Å². The third-order valence-corrected chi connectivity index (χ3v) is 15.2. The van der Waals surface area contributed by atoms with E-state index in [1.165, 1.54) is 70.1 Å². The molecule has 3 aliphatic heterocycles. The summed E-state index contributed by atoms with van der Waals surface area (Å²) in [7, 11) is 5.26. The standard InChI is InChI=1S/C52H65N5O6/c1-55-31-44(42-29-46(36-10-11-36)53-30-43(42)52(55)61)40-27-47(62-2)45(48(28-40)63-3)32-57-23-18-34(19-24-57)17-22-56-20-4-5-33(16-21-56)6-7-35-8-9-38-26-39(50(59)41(38)25-35)13-12-37-14-15-49(58)54-51(37)60/h8-9,25,27-31,33-34,36-37,39H,4-7,10-24,26,32H2,1-3H3,(H,54,58,60). The summed E-state index contributed by atoms with van der Waals surface area (Å²) in [6.45, 7) is 6.42. The van der Waals surface area contributed by atoms with Crippen LogP contribution < -0.4 is 20.3 Å². The fourth-order valence-corrected chi connectivity index (χ4v) is 11.0. The van der Waals surface area contributed by atoms with Gasteiger partial charge in [-0.1, -0.05) is 12.1 Å². The number of aromatic nitrogens is 2. The number of amides is 2. The molecule has 63 heavy (non-hydrogen) atoms. The fraction of sp³-hybridized carbons (Fsp3) is 0.558. The zero-order chi connectivity index (χ0) is 43.6. The van der Waals surface area contributed by atoms with Crippen LogP contribution in [-0.4, -0.2) is 83.9 Å². The lowest BCUT2D eigenvalue weighted by Gasteiger charge is -2.33. The molecule has 334 valence electrons. The van der Waals surface area contributed by atoms with E-state index in [0.717, 1.165) is 102 Å². The number of imide groups is 1. The Morgan fingerprint density at radius 2 is 1.48 bits per heavy atom. The first-order chi connectivity index (χ1) is 30.6. The second-order valence-electron chi connectivity index (χ2n) is 19.4. The average Bonchev–Trinajstić information content (AvgIpc) is 4.13. The number of nitrogens with zero attached hydrogens (tertiary/aromatic N) is 4. The van der Waals surface area contributed by atoms with Crippen LogP contribution in [0, 0.1) is 23.7 Å². The summed E-state index contributed by atoms with van der Waals surface area (Å²) < 4.78 is 13.7. The Morgan fingerprint density at radius 1 is 0.746 bits per heavy atom. The minimum absolute atomic E-state index is 0.0419. The number of hydrogen-bond donors (Lipinski definition) is 1. The fourth-order valence-electron chi connectivity index (χ4n) is 11.0. The molecule has 0 radical (unpaired) electrons. The van der Waals surface area contributed by atoms with Crippen LogP contribution in [0.2, 0.25) is 0 Å². The number of pyridine rings is 2. The topological polar surface area (TPSA) is 123 Å². The first kappa shape index (κ1) is 43.4. The van der Waals surface area contributed by atoms with E-state index >= 15 is 0 Å². The smallest absolute Gasteiger partial charge is 0.259 e. The van der Waals surface area contributed by atoms with Gasteiger partial charge in [0.1, 0.15) is 11.5 Å². The van der Waals surface area contributed by atoms with Crippen LogP contribution in [0.15, 0.2) is 53.6 Å². The summed E-state index contributed by atoms with van der Waals surface area (Å²) in [6, 6.07) is 12.9. The number of carbonyl (C=O) groups is 3. The first-order valence-corrected chi connectivity index (χ1v) is 23.8. The molecule has 5 heterocycles. The van der Waals surface area contributed by atoms with Crippen molar-refractivity contribution in [3.05, 3.63) is 87.1 Å². The highest BCUT2D eigenvalue weighted by molar-refractivity contribution is 6.02. The van der Waals surface area contributed by atoms with Gasteiger partial charge in [0, 0.05) is 67.0 Å². The zero-order valence-corrected chi connectivity index (χ0v) is 37.6. The first-order valence-electron chi connectivity index (χ1n) is 23.8. The molecule has 1 N–H and O–H groups in total. The van der Waals surface area contributed by atoms with E-state index in [0.29, 0.717) is 42.9 Å². The van der Waals surface area contributed by atoms with Crippen molar-refractivity contribution in [1.29, 1.82) is 0 Å². The van der Waals surface area contributed by atoms with Crippen molar-refractivity contribution in [2.24, 2.45) is 30.7 Å². The number of likely N-dealkylation sites (tertiary alicyclic amines) is 2. The van der Waals surface area contributed by atoms with Crippen molar-refractivity contribution in [3.8, 4) is 22.6 Å². The van der Waals surface area contributed by atoms with Crippen molar-refractivity contribution in [2.45, 2.75) is 109 Å². The summed E-state index contributed by atoms with van der Waals surface area (Å²) >= 11 is 0. The number of hydrogen-bond acceptors (Lipinski definition) is 9. The van der Waals surface area contributed by atoms with Crippen LogP contribution in [0.1, 0.15) is 122 Å². The largest absolute Gasteiger partial charge is 0.496 e. The molecular weight excluding hydrogens is 791 g/mol. The second kappa shape index (κ2) is 19.1. The van der Waals surface area contributed by atoms with Crippen LogP contribution in [0.4, 0.5) is 0 Å². The van der Waals surface area contributed by atoms with E-state index in [2.05, 4.69) is 56.5 Å². The van der Waals surface area contributed by atoms with E-state index in [9.17, 15) is 19.2 Å². The van der Waals surface area contributed by atoms with Crippen LogP contribution >= 0.6 is 0 Å². The number of Topliss-reactive ketones (excluding diaryl/α,β-unsaturated/α-hetero) is 1. The van der Waals surface area contributed by atoms with Gasteiger partial charge in [0.05, 0.1) is 25.2 Å². The SMILES string of the molecule is COc1cc(-c2cn(C)c(=O)c3cnc(C4CC4)cc23)cc(OC)c1CN1CCC(CCN2CCCC(CCc3ccc4c(c3)C(=O)C(CCC3CCC(=O)NC3=O)C4)CC2)CC1. The van der Waals surface area contributed by atoms with Crippen molar-refractivity contribution in [1.82, 2.24) is 24.7 Å². The van der Waals surface area contributed by atoms with Gasteiger partial charge in [-0.2, -0.15) is 0 Å². The van der Waals surface area contributed by atoms with Crippen molar-refractivity contribution in [3.63, 3.8) is 0 Å². The van der Waals surface area contributed by atoms with Gasteiger partial charge in [-0.25, -0.2) is 0 Å². The van der Waals surface area contributed by atoms with E-state index in [1.54, 1.807) is 32.0 Å². The maximum atomic E-state index is 13.4. The number of methoxy groups -OCH3 is 2. The Balaban J connectivity index is 0.731. The van der Waals surface area contributed by atoms with E-state index in [4.69, 9.17) is 9.47 Å². The molecule has 2 aliphatic carbocycles. The Hall–Kier alpha value is -4.87. The molecule has 3 saturated heterocycles. The van der Waals surface area contributed by atoms with Crippen LogP contribution in [0.5, 0.6) is 11.5 Å². The number of carbonyl (C=O) groups excluding carboxylic acids is 3. The average molecular weight is 856 g/mol. The summed E-state index contributed by atoms with van der Waals surface area (Å²) in [4.78, 5) is 60.2. The van der Waals surface area contributed by atoms with Crippen LogP contribution in [-0.2, 0) is 36.0 Å². The molecule has 2 aromatic heterocycles. The molecule has 3 unspecified atom stereocenters. The third kappa shape index (κ3) is 9.80. The molecule has 2 aromatic carbocycles. The van der Waals surface area contributed by atoms with E-state index in [1.807, 2.05) is 6.20 Å². The highest BCUT2D eigenvalue weighted by Crippen LogP contribution is 2.42. The van der Waals surface area contributed by atoms with Crippen molar-refractivity contribution < 1.29 is 23.9 Å². The number of fused-ring (bicyclic) bond motifs is 2.